The molecule has 0 amide bonds. The average Bonchev–Trinajstić information content (AvgIpc) is 2.66. The van der Waals surface area contributed by atoms with Crippen LogP contribution in [-0.4, -0.2) is 44.3 Å². The monoisotopic (exact) mass is 240 g/mol. The van der Waals surface area contributed by atoms with E-state index in [9.17, 15) is 4.79 Å². The third-order valence-corrected chi connectivity index (χ3v) is 2.55. The first-order chi connectivity index (χ1) is 8.04. The van der Waals surface area contributed by atoms with Crippen molar-refractivity contribution < 1.29 is 9.90 Å². The Morgan fingerprint density at radius 1 is 1.65 bits per heavy atom. The molecule has 1 aromatic heterocycles. The van der Waals surface area contributed by atoms with Crippen molar-refractivity contribution in [2.45, 2.75) is 33.4 Å². The van der Waals surface area contributed by atoms with Gasteiger partial charge in [0.05, 0.1) is 12.5 Å². The lowest BCUT2D eigenvalue weighted by Gasteiger charge is -2.18. The van der Waals surface area contributed by atoms with Crippen molar-refractivity contribution in [1.29, 1.82) is 0 Å². The Morgan fingerprint density at radius 2 is 2.35 bits per heavy atom. The fourth-order valence-electron chi connectivity index (χ4n) is 1.66. The van der Waals surface area contributed by atoms with E-state index in [1.54, 1.807) is 13.3 Å². The summed E-state index contributed by atoms with van der Waals surface area (Å²) >= 11 is 0. The van der Waals surface area contributed by atoms with Gasteiger partial charge in [-0.15, -0.1) is 0 Å². The fourth-order valence-corrected chi connectivity index (χ4v) is 1.66. The van der Waals surface area contributed by atoms with E-state index in [2.05, 4.69) is 17.0 Å². The summed E-state index contributed by atoms with van der Waals surface area (Å²) < 4.78 is 1.86. The van der Waals surface area contributed by atoms with Crippen LogP contribution in [-0.2, 0) is 17.9 Å². The van der Waals surface area contributed by atoms with Crippen LogP contribution >= 0.6 is 0 Å². The number of carboxylic acid groups (broad SMARTS) is 1. The van der Waals surface area contributed by atoms with Gasteiger partial charge in [0.1, 0.15) is 12.2 Å². The van der Waals surface area contributed by atoms with Crippen molar-refractivity contribution in [3.05, 3.63) is 12.2 Å². The maximum atomic E-state index is 10.7. The van der Waals surface area contributed by atoms with E-state index in [1.165, 1.54) is 0 Å². The number of hydrogen-bond donors (Lipinski definition) is 1. The van der Waals surface area contributed by atoms with E-state index in [4.69, 9.17) is 5.11 Å². The highest BCUT2D eigenvalue weighted by Gasteiger charge is 2.15. The highest BCUT2D eigenvalue weighted by molar-refractivity contribution is 5.69. The topological polar surface area (TPSA) is 71.2 Å². The Balaban J connectivity index is 2.52. The smallest absolute Gasteiger partial charge is 0.307 e. The predicted octanol–water partition coefficient (Wildman–Crippen LogP) is 0.841. The second kappa shape index (κ2) is 6.34. The zero-order valence-corrected chi connectivity index (χ0v) is 10.6. The van der Waals surface area contributed by atoms with E-state index in [0.29, 0.717) is 13.1 Å². The molecule has 1 rings (SSSR count). The van der Waals surface area contributed by atoms with Gasteiger partial charge >= 0.3 is 5.97 Å². The molecule has 6 heteroatoms. The Bertz CT molecular complexity index is 364. The SMILES string of the molecule is CCCn1ncnc1CN(C)CC(C)C(=O)O. The van der Waals surface area contributed by atoms with E-state index in [0.717, 1.165) is 18.8 Å². The molecule has 0 spiro atoms. The summed E-state index contributed by atoms with van der Waals surface area (Å²) in [6.45, 7) is 5.76. The van der Waals surface area contributed by atoms with Gasteiger partial charge in [-0.05, 0) is 13.5 Å². The number of carbonyl (C=O) groups is 1. The summed E-state index contributed by atoms with van der Waals surface area (Å²) in [6.07, 6.45) is 2.55. The molecule has 0 aliphatic rings. The Kier molecular flexibility index (Phi) is 5.09. The van der Waals surface area contributed by atoms with Crippen LogP contribution in [0.1, 0.15) is 26.1 Å². The molecule has 1 aromatic rings. The van der Waals surface area contributed by atoms with Crippen LogP contribution in [0.15, 0.2) is 6.33 Å². The van der Waals surface area contributed by atoms with E-state index >= 15 is 0 Å². The first kappa shape index (κ1) is 13.6. The molecule has 0 aliphatic heterocycles. The number of nitrogens with zero attached hydrogens (tertiary/aromatic N) is 4. The van der Waals surface area contributed by atoms with Crippen LogP contribution in [0.4, 0.5) is 0 Å². The number of aryl methyl sites for hydroxylation is 1. The second-order valence-corrected chi connectivity index (χ2v) is 4.34. The molecule has 17 heavy (non-hydrogen) atoms. The standard InChI is InChI=1S/C11H20N4O2/c1-4-5-15-10(12-8-13-15)7-14(3)6-9(2)11(16)17/h8-9H,4-7H2,1-3H3,(H,16,17). The molecular weight excluding hydrogens is 220 g/mol. The molecule has 96 valence electrons. The first-order valence-corrected chi connectivity index (χ1v) is 5.82. The van der Waals surface area contributed by atoms with E-state index in [1.807, 2.05) is 16.6 Å². The largest absolute Gasteiger partial charge is 0.481 e. The third-order valence-electron chi connectivity index (χ3n) is 2.55. The normalized spacial score (nSPS) is 12.9. The number of carboxylic acids is 1. The summed E-state index contributed by atoms with van der Waals surface area (Å²) in [5.74, 6) is -0.263. The highest BCUT2D eigenvalue weighted by Crippen LogP contribution is 2.04. The van der Waals surface area contributed by atoms with Crippen molar-refractivity contribution in [3.63, 3.8) is 0 Å². The molecule has 0 saturated carbocycles. The Morgan fingerprint density at radius 3 is 2.94 bits per heavy atom. The first-order valence-electron chi connectivity index (χ1n) is 5.82. The summed E-state index contributed by atoms with van der Waals surface area (Å²) in [5.41, 5.74) is 0. The highest BCUT2D eigenvalue weighted by atomic mass is 16.4. The zero-order valence-electron chi connectivity index (χ0n) is 10.6. The molecule has 0 aromatic carbocycles. The summed E-state index contributed by atoms with van der Waals surface area (Å²) in [4.78, 5) is 16.9. The van der Waals surface area contributed by atoms with E-state index < -0.39 is 5.97 Å². The van der Waals surface area contributed by atoms with Gasteiger partial charge in [0.25, 0.3) is 0 Å². The predicted molar refractivity (Wildman–Crippen MR) is 63.4 cm³/mol. The van der Waals surface area contributed by atoms with Crippen molar-refractivity contribution >= 4 is 5.97 Å². The van der Waals surface area contributed by atoms with Crippen molar-refractivity contribution in [2.75, 3.05) is 13.6 Å². The van der Waals surface area contributed by atoms with Crippen LogP contribution in [0.5, 0.6) is 0 Å². The molecule has 6 nitrogen and oxygen atoms in total. The summed E-state index contributed by atoms with van der Waals surface area (Å²) in [6, 6.07) is 0. The Hall–Kier alpha value is -1.43. The molecule has 0 bridgehead atoms. The van der Waals surface area contributed by atoms with Gasteiger partial charge in [0, 0.05) is 13.1 Å². The maximum absolute atomic E-state index is 10.7. The molecule has 1 heterocycles. The minimum atomic E-state index is -0.771. The van der Waals surface area contributed by atoms with E-state index in [-0.39, 0.29) is 5.92 Å². The molecule has 1 unspecified atom stereocenters. The lowest BCUT2D eigenvalue weighted by molar-refractivity contribution is -0.141. The molecule has 0 radical (unpaired) electrons. The van der Waals surface area contributed by atoms with Gasteiger partial charge in [-0.1, -0.05) is 13.8 Å². The number of aliphatic carboxylic acids is 1. The molecule has 0 fully saturated rings. The van der Waals surface area contributed by atoms with Crippen LogP contribution in [0.25, 0.3) is 0 Å². The van der Waals surface area contributed by atoms with Crippen LogP contribution < -0.4 is 0 Å². The minimum Gasteiger partial charge on any atom is -0.481 e. The molecule has 1 atom stereocenters. The second-order valence-electron chi connectivity index (χ2n) is 4.34. The molecule has 0 saturated heterocycles. The summed E-state index contributed by atoms with van der Waals surface area (Å²) in [7, 11) is 1.89. The van der Waals surface area contributed by atoms with Gasteiger partial charge in [-0.3, -0.25) is 9.69 Å². The third kappa shape index (κ3) is 4.14. The quantitative estimate of drug-likeness (QED) is 0.764. The van der Waals surface area contributed by atoms with Crippen LogP contribution in [0, 0.1) is 5.92 Å². The summed E-state index contributed by atoms with van der Waals surface area (Å²) in [5, 5.41) is 13.0. The number of hydrogen-bond acceptors (Lipinski definition) is 4. The van der Waals surface area contributed by atoms with Gasteiger partial charge in [0.2, 0.25) is 0 Å². The lowest BCUT2D eigenvalue weighted by atomic mass is 10.2. The average molecular weight is 240 g/mol. The lowest BCUT2D eigenvalue weighted by Crippen LogP contribution is -2.29. The number of aromatic nitrogens is 3. The Labute approximate surface area is 101 Å². The van der Waals surface area contributed by atoms with Crippen molar-refractivity contribution in [1.82, 2.24) is 19.7 Å². The van der Waals surface area contributed by atoms with Gasteiger partial charge in [-0.2, -0.15) is 5.10 Å². The van der Waals surface area contributed by atoms with Crippen molar-refractivity contribution in [2.24, 2.45) is 5.92 Å². The van der Waals surface area contributed by atoms with Crippen LogP contribution in [0.3, 0.4) is 0 Å². The van der Waals surface area contributed by atoms with Gasteiger partial charge < -0.3 is 5.11 Å². The molecular formula is C11H20N4O2. The fraction of sp³-hybridized carbons (Fsp3) is 0.727. The van der Waals surface area contributed by atoms with Gasteiger partial charge in [-0.25, -0.2) is 9.67 Å². The maximum Gasteiger partial charge on any atom is 0.307 e. The molecule has 0 aliphatic carbocycles. The molecule has 1 N–H and O–H groups in total. The van der Waals surface area contributed by atoms with Crippen molar-refractivity contribution in [3.8, 4) is 0 Å². The van der Waals surface area contributed by atoms with Gasteiger partial charge in [0.15, 0.2) is 0 Å². The minimum absolute atomic E-state index is 0.373. The number of rotatable bonds is 7. The zero-order chi connectivity index (χ0) is 12.8. The van der Waals surface area contributed by atoms with Crippen LogP contribution in [0.2, 0.25) is 0 Å².